The number of aromatic nitrogens is 1. The fourth-order valence-electron chi connectivity index (χ4n) is 2.41. The quantitative estimate of drug-likeness (QED) is 0.893. The number of hydrogen-bond acceptors (Lipinski definition) is 3. The number of carbonyl (C=O) groups excluding carboxylic acids is 1. The zero-order valence-corrected chi connectivity index (χ0v) is 11.9. The second-order valence-electron chi connectivity index (χ2n) is 6.43. The number of aliphatic hydroxyl groups is 1. The molecule has 0 aliphatic heterocycles. The number of hydrogen-bond donors (Lipinski definition) is 2. The van der Waals surface area contributed by atoms with Crippen LogP contribution in [0.4, 0.5) is 4.39 Å². The monoisotopic (exact) mass is 280 g/mol. The van der Waals surface area contributed by atoms with Crippen LogP contribution in [0.1, 0.15) is 50.0 Å². The average Bonchev–Trinajstić information content (AvgIpc) is 2.41. The molecule has 5 heteroatoms. The second kappa shape index (κ2) is 5.48. The summed E-state index contributed by atoms with van der Waals surface area (Å²) in [7, 11) is 0. The molecule has 0 saturated heterocycles. The van der Waals surface area contributed by atoms with Gasteiger partial charge in [0.2, 0.25) is 0 Å². The summed E-state index contributed by atoms with van der Waals surface area (Å²) in [5.74, 6) is -0.863. The van der Waals surface area contributed by atoms with E-state index in [4.69, 9.17) is 0 Å². The van der Waals surface area contributed by atoms with Crippen LogP contribution in [-0.2, 0) is 0 Å². The molecular weight excluding hydrogens is 259 g/mol. The minimum atomic E-state index is -0.842. The molecule has 0 radical (unpaired) electrons. The van der Waals surface area contributed by atoms with Crippen LogP contribution in [0.15, 0.2) is 18.3 Å². The molecule has 2 rings (SSSR count). The molecule has 0 aromatic carbocycles. The summed E-state index contributed by atoms with van der Waals surface area (Å²) in [6.45, 7) is 4.59. The first-order chi connectivity index (χ1) is 9.30. The van der Waals surface area contributed by atoms with Gasteiger partial charge in [-0.1, -0.05) is 13.8 Å². The average molecular weight is 280 g/mol. The Bertz CT molecular complexity index is 475. The Hall–Kier alpha value is -1.49. The normalized spacial score (nSPS) is 20.4. The van der Waals surface area contributed by atoms with E-state index >= 15 is 0 Å². The van der Waals surface area contributed by atoms with E-state index in [9.17, 15) is 14.3 Å². The molecule has 1 fully saturated rings. The van der Waals surface area contributed by atoms with Crippen LogP contribution < -0.4 is 5.32 Å². The first-order valence-electron chi connectivity index (χ1n) is 6.92. The molecule has 110 valence electrons. The fraction of sp³-hybridized carbons (Fsp3) is 0.600. The number of nitrogens with one attached hydrogen (secondary N) is 1. The van der Waals surface area contributed by atoms with Gasteiger partial charge in [-0.05, 0) is 43.2 Å². The summed E-state index contributed by atoms with van der Waals surface area (Å²) in [6, 6.07) is 2.53. The lowest BCUT2D eigenvalue weighted by atomic mass is 9.71. The zero-order valence-electron chi connectivity index (χ0n) is 11.9. The van der Waals surface area contributed by atoms with Crippen LogP contribution in [-0.4, -0.2) is 28.1 Å². The summed E-state index contributed by atoms with van der Waals surface area (Å²) >= 11 is 0. The molecule has 1 aliphatic carbocycles. The van der Waals surface area contributed by atoms with Crippen LogP contribution in [0.3, 0.4) is 0 Å². The molecule has 1 amide bonds. The number of carbonyl (C=O) groups is 1. The number of halogens is 1. The smallest absolute Gasteiger partial charge is 0.269 e. The molecule has 20 heavy (non-hydrogen) atoms. The molecule has 1 aromatic rings. The first-order valence-corrected chi connectivity index (χ1v) is 6.92. The third-order valence-electron chi connectivity index (χ3n) is 4.07. The van der Waals surface area contributed by atoms with E-state index in [1.165, 1.54) is 12.1 Å². The van der Waals surface area contributed by atoms with Crippen molar-refractivity contribution in [3.05, 3.63) is 29.8 Å². The van der Waals surface area contributed by atoms with E-state index in [-0.39, 0.29) is 23.6 Å². The second-order valence-corrected chi connectivity index (χ2v) is 6.43. The van der Waals surface area contributed by atoms with Crippen LogP contribution in [0.25, 0.3) is 0 Å². The van der Waals surface area contributed by atoms with Crippen molar-refractivity contribution < 1.29 is 14.3 Å². The van der Waals surface area contributed by atoms with E-state index in [1.54, 1.807) is 0 Å². The highest BCUT2D eigenvalue weighted by Gasteiger charge is 2.36. The number of amides is 1. The number of rotatable bonds is 3. The molecule has 1 saturated carbocycles. The maximum atomic E-state index is 12.7. The summed E-state index contributed by atoms with van der Waals surface area (Å²) in [6.07, 6.45) is 4.24. The predicted octanol–water partition coefficient (Wildman–Crippen LogP) is 2.28. The minimum Gasteiger partial charge on any atom is -0.388 e. The Morgan fingerprint density at radius 1 is 1.35 bits per heavy atom. The molecule has 4 nitrogen and oxygen atoms in total. The van der Waals surface area contributed by atoms with Crippen molar-refractivity contribution in [1.82, 2.24) is 10.3 Å². The van der Waals surface area contributed by atoms with Gasteiger partial charge in [-0.25, -0.2) is 9.37 Å². The van der Waals surface area contributed by atoms with Crippen LogP contribution in [0.2, 0.25) is 0 Å². The maximum Gasteiger partial charge on any atom is 0.269 e. The lowest BCUT2D eigenvalue weighted by molar-refractivity contribution is -0.0233. The Labute approximate surface area is 118 Å². The highest BCUT2D eigenvalue weighted by molar-refractivity contribution is 5.92. The molecule has 0 unspecified atom stereocenters. The van der Waals surface area contributed by atoms with Crippen molar-refractivity contribution in [2.75, 3.05) is 6.54 Å². The fourth-order valence-corrected chi connectivity index (χ4v) is 2.41. The van der Waals surface area contributed by atoms with Crippen LogP contribution >= 0.6 is 0 Å². The Balaban J connectivity index is 1.89. The number of nitrogens with zero attached hydrogens (tertiary/aromatic N) is 1. The summed E-state index contributed by atoms with van der Waals surface area (Å²) < 4.78 is 12.7. The minimum absolute atomic E-state index is 0.158. The molecule has 0 atom stereocenters. The van der Waals surface area contributed by atoms with Gasteiger partial charge in [0.25, 0.3) is 5.91 Å². The molecule has 0 spiro atoms. The number of pyridine rings is 1. The molecule has 1 heterocycles. The SMILES string of the molecule is CC1(C)CCC(O)(CNC(=O)c2ccc(F)cn2)CC1. The Morgan fingerprint density at radius 2 is 2.00 bits per heavy atom. The Kier molecular flexibility index (Phi) is 4.09. The summed E-state index contributed by atoms with van der Waals surface area (Å²) in [5, 5.41) is 13.1. The van der Waals surface area contributed by atoms with Crippen molar-refractivity contribution in [3.8, 4) is 0 Å². The molecule has 1 aromatic heterocycles. The van der Waals surface area contributed by atoms with Gasteiger partial charge in [-0.2, -0.15) is 0 Å². The van der Waals surface area contributed by atoms with E-state index in [0.717, 1.165) is 19.0 Å². The van der Waals surface area contributed by atoms with Gasteiger partial charge < -0.3 is 10.4 Å². The van der Waals surface area contributed by atoms with Crippen molar-refractivity contribution in [2.24, 2.45) is 5.41 Å². The van der Waals surface area contributed by atoms with Crippen molar-refractivity contribution in [1.29, 1.82) is 0 Å². The largest absolute Gasteiger partial charge is 0.388 e. The van der Waals surface area contributed by atoms with Crippen LogP contribution in [0, 0.1) is 11.2 Å². The van der Waals surface area contributed by atoms with Crippen molar-refractivity contribution in [2.45, 2.75) is 45.1 Å². The van der Waals surface area contributed by atoms with Gasteiger partial charge in [0.15, 0.2) is 0 Å². The summed E-state index contributed by atoms with van der Waals surface area (Å²) in [4.78, 5) is 15.6. The topological polar surface area (TPSA) is 62.2 Å². The molecule has 1 aliphatic rings. The van der Waals surface area contributed by atoms with Gasteiger partial charge in [0, 0.05) is 6.54 Å². The molecular formula is C15H21FN2O2. The van der Waals surface area contributed by atoms with Gasteiger partial charge in [-0.3, -0.25) is 4.79 Å². The van der Waals surface area contributed by atoms with Gasteiger partial charge >= 0.3 is 0 Å². The van der Waals surface area contributed by atoms with Crippen molar-refractivity contribution in [3.63, 3.8) is 0 Å². The van der Waals surface area contributed by atoms with E-state index < -0.39 is 11.4 Å². The standard InChI is InChI=1S/C15H21FN2O2/c1-14(2)5-7-15(20,8-6-14)10-18-13(19)12-4-3-11(16)9-17-12/h3-4,9,20H,5-8,10H2,1-2H3,(H,18,19). The van der Waals surface area contributed by atoms with E-state index in [2.05, 4.69) is 24.1 Å². The highest BCUT2D eigenvalue weighted by Crippen LogP contribution is 2.39. The van der Waals surface area contributed by atoms with Crippen LogP contribution in [0.5, 0.6) is 0 Å². The van der Waals surface area contributed by atoms with Crippen molar-refractivity contribution >= 4 is 5.91 Å². The first kappa shape index (κ1) is 14.9. The zero-order chi connectivity index (χ0) is 14.8. The highest BCUT2D eigenvalue weighted by atomic mass is 19.1. The Morgan fingerprint density at radius 3 is 2.55 bits per heavy atom. The lowest BCUT2D eigenvalue weighted by Gasteiger charge is -2.40. The lowest BCUT2D eigenvalue weighted by Crippen LogP contribution is -2.46. The molecule has 0 bridgehead atoms. The van der Waals surface area contributed by atoms with Gasteiger partial charge in [0.1, 0.15) is 11.5 Å². The van der Waals surface area contributed by atoms with E-state index in [0.29, 0.717) is 12.8 Å². The summed E-state index contributed by atoms with van der Waals surface area (Å²) in [5.41, 5.74) is -0.425. The molecule has 2 N–H and O–H groups in total. The third kappa shape index (κ3) is 3.76. The third-order valence-corrected chi connectivity index (χ3v) is 4.07. The van der Waals surface area contributed by atoms with Gasteiger partial charge in [0.05, 0.1) is 11.8 Å². The predicted molar refractivity (Wildman–Crippen MR) is 73.7 cm³/mol. The maximum absolute atomic E-state index is 12.7. The van der Waals surface area contributed by atoms with Gasteiger partial charge in [-0.15, -0.1) is 0 Å². The van der Waals surface area contributed by atoms with E-state index in [1.807, 2.05) is 0 Å².